The molecule has 6 aromatic rings. The lowest BCUT2D eigenvalue weighted by molar-refractivity contribution is 0.0322. The van der Waals surface area contributed by atoms with Crippen LogP contribution >= 0.6 is 0 Å². The number of likely N-dealkylation sites (tertiary alicyclic amines) is 1. The van der Waals surface area contributed by atoms with E-state index in [9.17, 15) is 10.2 Å². The molecular weight excluding hydrogens is 638 g/mol. The molecule has 5 aromatic heterocycles. The molecular formula is C42H51N5O4. The molecule has 0 spiro atoms. The highest BCUT2D eigenvalue weighted by Crippen LogP contribution is 2.34. The summed E-state index contributed by atoms with van der Waals surface area (Å²) in [6, 6.07) is 29.4. The van der Waals surface area contributed by atoms with Crippen LogP contribution in [0.4, 0.5) is 0 Å². The van der Waals surface area contributed by atoms with Gasteiger partial charge in [-0.15, -0.1) is 0 Å². The smallest absolute Gasteiger partial charge is 0.137 e. The number of aliphatic hydroxyl groups excluding tert-OH is 2. The van der Waals surface area contributed by atoms with Gasteiger partial charge >= 0.3 is 0 Å². The van der Waals surface area contributed by atoms with E-state index in [1.54, 1.807) is 6.20 Å². The Morgan fingerprint density at radius 2 is 1.47 bits per heavy atom. The fraction of sp³-hybridized carbons (Fsp3) is 0.357. The highest BCUT2D eigenvalue weighted by Gasteiger charge is 2.23. The van der Waals surface area contributed by atoms with Crippen LogP contribution in [0, 0.1) is 0 Å². The summed E-state index contributed by atoms with van der Waals surface area (Å²) in [5.41, 5.74) is 9.40. The number of hydrogen-bond donors (Lipinski definition) is 2. The molecule has 2 aliphatic heterocycles. The van der Waals surface area contributed by atoms with Crippen molar-refractivity contribution in [3.63, 3.8) is 0 Å². The highest BCUT2D eigenvalue weighted by molar-refractivity contribution is 5.72. The summed E-state index contributed by atoms with van der Waals surface area (Å²) in [5.74, 6) is 0.758. The van der Waals surface area contributed by atoms with E-state index in [4.69, 9.17) is 9.47 Å². The first-order chi connectivity index (χ1) is 25.1. The van der Waals surface area contributed by atoms with E-state index in [2.05, 4.69) is 68.8 Å². The number of pyridine rings is 3. The van der Waals surface area contributed by atoms with Crippen molar-refractivity contribution in [2.75, 3.05) is 53.0 Å². The second kappa shape index (κ2) is 17.6. The molecule has 2 fully saturated rings. The first-order valence-electron chi connectivity index (χ1n) is 18.2. The quantitative estimate of drug-likeness (QED) is 0.168. The van der Waals surface area contributed by atoms with Crippen LogP contribution < -0.4 is 4.74 Å². The van der Waals surface area contributed by atoms with Crippen molar-refractivity contribution >= 4 is 11.0 Å². The maximum absolute atomic E-state index is 9.78. The van der Waals surface area contributed by atoms with E-state index in [-0.39, 0.29) is 13.2 Å². The van der Waals surface area contributed by atoms with Crippen LogP contribution in [-0.4, -0.2) is 86.8 Å². The molecule has 9 nitrogen and oxygen atoms in total. The van der Waals surface area contributed by atoms with E-state index in [1.165, 1.54) is 30.5 Å². The Morgan fingerprint density at radius 3 is 2.10 bits per heavy atom. The number of aromatic nitrogens is 3. The number of benzene rings is 1. The fourth-order valence-electron chi connectivity index (χ4n) is 7.16. The average Bonchev–Trinajstić information content (AvgIpc) is 3.91. The molecule has 8 rings (SSSR count). The van der Waals surface area contributed by atoms with E-state index >= 15 is 0 Å². The van der Waals surface area contributed by atoms with Crippen LogP contribution in [-0.2, 0) is 18.0 Å². The van der Waals surface area contributed by atoms with Crippen molar-refractivity contribution in [3.8, 4) is 28.4 Å². The molecule has 1 unspecified atom stereocenters. The number of aliphatic hydroxyl groups is 2. The summed E-state index contributed by atoms with van der Waals surface area (Å²) in [5, 5.41) is 19.5. The van der Waals surface area contributed by atoms with Gasteiger partial charge in [0.05, 0.1) is 49.7 Å². The van der Waals surface area contributed by atoms with Gasteiger partial charge in [-0.25, -0.2) is 0 Å². The molecule has 268 valence electrons. The second-order valence-electron chi connectivity index (χ2n) is 12.8. The summed E-state index contributed by atoms with van der Waals surface area (Å²) in [6.45, 7) is 10.3. The zero-order chi connectivity index (χ0) is 35.6. The molecule has 0 aliphatic carbocycles. The van der Waals surface area contributed by atoms with Crippen molar-refractivity contribution < 1.29 is 19.7 Å². The first-order valence-corrected chi connectivity index (χ1v) is 18.2. The fourth-order valence-corrected chi connectivity index (χ4v) is 7.16. The van der Waals surface area contributed by atoms with E-state index < -0.39 is 0 Å². The molecule has 0 radical (unpaired) electrons. The number of rotatable bonds is 9. The predicted octanol–water partition coefficient (Wildman–Crippen LogP) is 7.10. The van der Waals surface area contributed by atoms with Gasteiger partial charge in [0.2, 0.25) is 0 Å². The molecule has 9 heteroatoms. The van der Waals surface area contributed by atoms with Gasteiger partial charge in [0.15, 0.2) is 0 Å². The monoisotopic (exact) mass is 689 g/mol. The van der Waals surface area contributed by atoms with Gasteiger partial charge in [0, 0.05) is 60.2 Å². The van der Waals surface area contributed by atoms with Crippen molar-refractivity contribution in [2.45, 2.75) is 45.9 Å². The van der Waals surface area contributed by atoms with E-state index in [0.29, 0.717) is 12.6 Å². The Hall–Kier alpha value is -4.51. The SMILES string of the molecule is CC.CN1CCCC1c1cccc(-c2c(CO)cc3ccccn23)c1.OCc1cc2ccccn2c1-c1ccc(OCCN2CCOCC2)cn1. The maximum atomic E-state index is 9.78. The molecule has 1 atom stereocenters. The third-order valence-corrected chi connectivity index (χ3v) is 9.68. The molecule has 0 amide bonds. The second-order valence-corrected chi connectivity index (χ2v) is 12.8. The van der Waals surface area contributed by atoms with Gasteiger partial charge in [-0.05, 0) is 92.2 Å². The molecule has 1 aromatic carbocycles. The molecule has 2 N–H and O–H groups in total. The lowest BCUT2D eigenvalue weighted by Crippen LogP contribution is -2.38. The Morgan fingerprint density at radius 1 is 0.784 bits per heavy atom. The van der Waals surface area contributed by atoms with Gasteiger partial charge in [0.25, 0.3) is 0 Å². The summed E-state index contributed by atoms with van der Waals surface area (Å²) < 4.78 is 15.4. The standard InChI is InChI=1S/C20H23N3O3.C20H22N2O.C2H6/c24-15-16-13-17-3-1-2-6-23(17)20(16)19-5-4-18(14-21-19)26-12-9-22-7-10-25-11-8-22;1-21-10-5-9-19(21)15-6-4-7-16(12-15)20-17(14-23)13-18-8-2-3-11-22(18)20;1-2/h1-6,13-14,24H,7-12,15H2;2-4,6-8,11-13,19,23H,5,9-10,14H2,1H3;1-2H3. The molecule has 2 saturated heterocycles. The zero-order valence-corrected chi connectivity index (χ0v) is 30.1. The molecule has 51 heavy (non-hydrogen) atoms. The van der Waals surface area contributed by atoms with Crippen LogP contribution in [0.25, 0.3) is 33.7 Å². The first kappa shape index (κ1) is 36.3. The largest absolute Gasteiger partial charge is 0.491 e. The topological polar surface area (TPSA) is 87.1 Å². The van der Waals surface area contributed by atoms with Crippen molar-refractivity contribution in [1.29, 1.82) is 0 Å². The summed E-state index contributed by atoms with van der Waals surface area (Å²) >= 11 is 0. The number of nitrogens with zero attached hydrogens (tertiary/aromatic N) is 5. The minimum Gasteiger partial charge on any atom is -0.491 e. The normalized spacial score (nSPS) is 16.5. The van der Waals surface area contributed by atoms with E-state index in [1.807, 2.05) is 73.0 Å². The predicted molar refractivity (Wildman–Crippen MR) is 204 cm³/mol. The number of morpholine rings is 1. The van der Waals surface area contributed by atoms with Crippen LogP contribution in [0.2, 0.25) is 0 Å². The number of fused-ring (bicyclic) bond motifs is 2. The molecule has 2 aliphatic rings. The molecule has 7 heterocycles. The Balaban J connectivity index is 0.000000169. The summed E-state index contributed by atoms with van der Waals surface area (Å²) in [7, 11) is 2.20. The van der Waals surface area contributed by atoms with Gasteiger partial charge in [-0.1, -0.05) is 44.2 Å². The van der Waals surface area contributed by atoms with Crippen LogP contribution in [0.15, 0.2) is 104 Å². The minimum atomic E-state index is -0.0174. The van der Waals surface area contributed by atoms with Crippen molar-refractivity contribution in [2.24, 2.45) is 0 Å². The van der Waals surface area contributed by atoms with Gasteiger partial charge in [0.1, 0.15) is 12.4 Å². The van der Waals surface area contributed by atoms with Gasteiger partial charge < -0.3 is 28.5 Å². The third kappa shape index (κ3) is 8.35. The summed E-state index contributed by atoms with van der Waals surface area (Å²) in [6.07, 6.45) is 8.29. The number of hydrogen-bond acceptors (Lipinski definition) is 7. The van der Waals surface area contributed by atoms with Crippen molar-refractivity contribution in [1.82, 2.24) is 23.6 Å². The minimum absolute atomic E-state index is 0.0174. The Labute approximate surface area is 301 Å². The van der Waals surface area contributed by atoms with Crippen LogP contribution in [0.1, 0.15) is 49.4 Å². The Bertz CT molecular complexity index is 1980. The lowest BCUT2D eigenvalue weighted by Gasteiger charge is -2.26. The van der Waals surface area contributed by atoms with Crippen molar-refractivity contribution in [3.05, 3.63) is 120 Å². The zero-order valence-electron chi connectivity index (χ0n) is 30.1. The van der Waals surface area contributed by atoms with E-state index in [0.717, 1.165) is 77.8 Å². The third-order valence-electron chi connectivity index (χ3n) is 9.68. The number of ether oxygens (including phenoxy) is 2. The Kier molecular flexibility index (Phi) is 12.5. The molecule has 0 saturated carbocycles. The van der Waals surface area contributed by atoms with Crippen LogP contribution in [0.3, 0.4) is 0 Å². The lowest BCUT2D eigenvalue weighted by atomic mass is 9.99. The highest BCUT2D eigenvalue weighted by atomic mass is 16.5. The van der Waals surface area contributed by atoms with Gasteiger partial charge in [-0.3, -0.25) is 14.8 Å². The maximum Gasteiger partial charge on any atom is 0.137 e. The summed E-state index contributed by atoms with van der Waals surface area (Å²) in [4.78, 5) is 9.33. The average molecular weight is 690 g/mol. The van der Waals surface area contributed by atoms with Gasteiger partial charge in [-0.2, -0.15) is 0 Å². The molecule has 0 bridgehead atoms. The van der Waals surface area contributed by atoms with Crippen LogP contribution in [0.5, 0.6) is 5.75 Å².